The van der Waals surface area contributed by atoms with E-state index in [9.17, 15) is 0 Å². The highest BCUT2D eigenvalue weighted by Gasteiger charge is 1.83. The predicted octanol–water partition coefficient (Wildman–Crippen LogP) is 2.11. The van der Waals surface area contributed by atoms with Crippen LogP contribution in [0.2, 0.25) is 0 Å². The molecule has 1 N–H and O–H groups in total. The van der Waals surface area contributed by atoms with Crippen LogP contribution in [0.15, 0.2) is 0 Å². The molecule has 0 radical (unpaired) electrons. The zero-order chi connectivity index (χ0) is 7.86. The molecule has 0 fully saturated rings. The van der Waals surface area contributed by atoms with E-state index in [2.05, 4.69) is 6.92 Å². The lowest BCUT2D eigenvalue weighted by atomic mass is 10.4. The summed E-state index contributed by atoms with van der Waals surface area (Å²) in [6, 6.07) is 0. The SMILES string of the molecule is CC(=O)O.CCC(C)Cl. The van der Waals surface area contributed by atoms with E-state index in [0.717, 1.165) is 13.3 Å². The highest BCUT2D eigenvalue weighted by Crippen LogP contribution is 1.95. The molecule has 2 nitrogen and oxygen atoms in total. The van der Waals surface area contributed by atoms with Gasteiger partial charge in [0, 0.05) is 12.3 Å². The molecule has 9 heavy (non-hydrogen) atoms. The summed E-state index contributed by atoms with van der Waals surface area (Å²) in [7, 11) is 0. The minimum Gasteiger partial charge on any atom is -0.481 e. The van der Waals surface area contributed by atoms with Crippen molar-refractivity contribution < 1.29 is 9.90 Å². The van der Waals surface area contributed by atoms with Gasteiger partial charge in [0.25, 0.3) is 5.97 Å². The van der Waals surface area contributed by atoms with Crippen LogP contribution in [0.5, 0.6) is 0 Å². The number of aliphatic carboxylic acids is 1. The van der Waals surface area contributed by atoms with E-state index in [4.69, 9.17) is 21.5 Å². The van der Waals surface area contributed by atoms with Crippen molar-refractivity contribution in [3.05, 3.63) is 0 Å². The highest BCUT2D eigenvalue weighted by atomic mass is 35.5. The first kappa shape index (κ1) is 11.5. The molecular formula is C6H13ClO2. The first-order valence-electron chi connectivity index (χ1n) is 2.84. The van der Waals surface area contributed by atoms with Crippen LogP contribution in [0.1, 0.15) is 27.2 Å². The van der Waals surface area contributed by atoms with E-state index in [0.29, 0.717) is 5.38 Å². The van der Waals surface area contributed by atoms with E-state index in [1.165, 1.54) is 0 Å². The third-order valence-electron chi connectivity index (χ3n) is 0.563. The minimum absolute atomic E-state index is 0.356. The monoisotopic (exact) mass is 152 g/mol. The summed E-state index contributed by atoms with van der Waals surface area (Å²) in [6.45, 7) is 5.14. The second-order valence-corrected chi connectivity index (χ2v) is 2.45. The molecule has 0 saturated carbocycles. The third kappa shape index (κ3) is 83.1. The Kier molecular flexibility index (Phi) is 9.95. The summed E-state index contributed by atoms with van der Waals surface area (Å²) >= 11 is 5.46. The highest BCUT2D eigenvalue weighted by molar-refractivity contribution is 6.20. The van der Waals surface area contributed by atoms with Crippen molar-refractivity contribution >= 4 is 17.6 Å². The molecule has 0 spiro atoms. The molecule has 1 unspecified atom stereocenters. The topological polar surface area (TPSA) is 37.3 Å². The van der Waals surface area contributed by atoms with Crippen LogP contribution in [0.4, 0.5) is 0 Å². The average molecular weight is 153 g/mol. The fourth-order valence-electron chi connectivity index (χ4n) is 0. The van der Waals surface area contributed by atoms with Gasteiger partial charge in [-0.2, -0.15) is 0 Å². The molecule has 0 aliphatic heterocycles. The van der Waals surface area contributed by atoms with Gasteiger partial charge in [0.1, 0.15) is 0 Å². The zero-order valence-electron chi connectivity index (χ0n) is 6.02. The van der Waals surface area contributed by atoms with Gasteiger partial charge >= 0.3 is 0 Å². The van der Waals surface area contributed by atoms with Crippen molar-refractivity contribution in [2.45, 2.75) is 32.6 Å². The summed E-state index contributed by atoms with van der Waals surface area (Å²) in [5, 5.41) is 7.77. The van der Waals surface area contributed by atoms with Crippen LogP contribution in [-0.4, -0.2) is 16.5 Å². The molecule has 0 aromatic rings. The van der Waals surface area contributed by atoms with Crippen molar-refractivity contribution in [3.63, 3.8) is 0 Å². The molecule has 0 heterocycles. The van der Waals surface area contributed by atoms with Gasteiger partial charge in [-0.25, -0.2) is 0 Å². The number of carboxylic acids is 1. The Morgan fingerprint density at radius 2 is 1.89 bits per heavy atom. The lowest BCUT2D eigenvalue weighted by molar-refractivity contribution is -0.134. The number of hydrogen-bond donors (Lipinski definition) is 1. The molecule has 0 aliphatic carbocycles. The van der Waals surface area contributed by atoms with Crippen LogP contribution in [-0.2, 0) is 4.79 Å². The summed E-state index contributed by atoms with van der Waals surface area (Å²) in [5.74, 6) is -0.833. The number of rotatable bonds is 1. The van der Waals surface area contributed by atoms with Gasteiger partial charge in [0.15, 0.2) is 0 Å². The van der Waals surface area contributed by atoms with Crippen molar-refractivity contribution in [1.82, 2.24) is 0 Å². The number of carbonyl (C=O) groups is 1. The predicted molar refractivity (Wildman–Crippen MR) is 38.9 cm³/mol. The second kappa shape index (κ2) is 7.76. The zero-order valence-corrected chi connectivity index (χ0v) is 6.77. The molecule has 0 aromatic heterocycles. The molecule has 0 aromatic carbocycles. The molecular weight excluding hydrogens is 140 g/mol. The van der Waals surface area contributed by atoms with E-state index in [-0.39, 0.29) is 0 Å². The standard InChI is InChI=1S/C4H9Cl.C2H4O2/c1-3-4(2)5;1-2(3)4/h4H,3H2,1-2H3;1H3,(H,3,4). The van der Waals surface area contributed by atoms with Gasteiger partial charge in [-0.3, -0.25) is 4.79 Å². The fraction of sp³-hybridized carbons (Fsp3) is 0.833. The third-order valence-corrected chi connectivity index (χ3v) is 0.871. The van der Waals surface area contributed by atoms with Crippen LogP contribution in [0.3, 0.4) is 0 Å². The second-order valence-electron chi connectivity index (χ2n) is 1.71. The number of halogens is 1. The largest absolute Gasteiger partial charge is 0.481 e. The summed E-state index contributed by atoms with van der Waals surface area (Å²) in [5.41, 5.74) is 0. The first-order valence-corrected chi connectivity index (χ1v) is 3.28. The quantitative estimate of drug-likeness (QED) is 0.585. The van der Waals surface area contributed by atoms with Gasteiger partial charge in [0.05, 0.1) is 0 Å². The molecule has 1 atom stereocenters. The average Bonchev–Trinajstić information content (AvgIpc) is 1.65. The maximum Gasteiger partial charge on any atom is 0.300 e. The van der Waals surface area contributed by atoms with Crippen molar-refractivity contribution in [3.8, 4) is 0 Å². The lowest BCUT2D eigenvalue weighted by Gasteiger charge is -1.87. The Balaban J connectivity index is 0. The molecule has 0 saturated heterocycles. The van der Waals surface area contributed by atoms with E-state index in [1.54, 1.807) is 0 Å². The van der Waals surface area contributed by atoms with Crippen molar-refractivity contribution in [1.29, 1.82) is 0 Å². The van der Waals surface area contributed by atoms with Crippen LogP contribution in [0, 0.1) is 0 Å². The van der Waals surface area contributed by atoms with Crippen LogP contribution >= 0.6 is 11.6 Å². The Bertz CT molecular complexity index is 67.5. The Labute approximate surface area is 60.8 Å². The fourth-order valence-corrected chi connectivity index (χ4v) is 0. The van der Waals surface area contributed by atoms with E-state index in [1.807, 2.05) is 6.92 Å². The first-order chi connectivity index (χ1) is 4.00. The smallest absolute Gasteiger partial charge is 0.300 e. The van der Waals surface area contributed by atoms with Crippen LogP contribution in [0.25, 0.3) is 0 Å². The molecule has 3 heteroatoms. The van der Waals surface area contributed by atoms with E-state index < -0.39 is 5.97 Å². The van der Waals surface area contributed by atoms with Gasteiger partial charge in [-0.05, 0) is 13.3 Å². The van der Waals surface area contributed by atoms with Gasteiger partial charge in [-0.1, -0.05) is 6.92 Å². The Morgan fingerprint density at radius 1 is 1.78 bits per heavy atom. The number of carboxylic acid groups (broad SMARTS) is 1. The van der Waals surface area contributed by atoms with Crippen LogP contribution < -0.4 is 0 Å². The summed E-state index contributed by atoms with van der Waals surface area (Å²) in [6.07, 6.45) is 1.07. The summed E-state index contributed by atoms with van der Waals surface area (Å²) in [4.78, 5) is 9.00. The lowest BCUT2D eigenvalue weighted by Crippen LogP contribution is -1.81. The van der Waals surface area contributed by atoms with Crippen molar-refractivity contribution in [2.24, 2.45) is 0 Å². The summed E-state index contributed by atoms with van der Waals surface area (Å²) < 4.78 is 0. The van der Waals surface area contributed by atoms with Gasteiger partial charge in [-0.15, -0.1) is 11.6 Å². The maximum atomic E-state index is 9.00. The normalized spacial score (nSPS) is 11.1. The van der Waals surface area contributed by atoms with E-state index >= 15 is 0 Å². The molecule has 0 rings (SSSR count). The number of alkyl halides is 1. The molecule has 0 bridgehead atoms. The Morgan fingerprint density at radius 3 is 1.89 bits per heavy atom. The molecule has 0 amide bonds. The Hall–Kier alpha value is -0.240. The van der Waals surface area contributed by atoms with Gasteiger partial charge in [0.2, 0.25) is 0 Å². The molecule has 56 valence electrons. The molecule has 0 aliphatic rings. The number of hydrogen-bond acceptors (Lipinski definition) is 1. The maximum absolute atomic E-state index is 9.00. The van der Waals surface area contributed by atoms with Crippen molar-refractivity contribution in [2.75, 3.05) is 0 Å². The van der Waals surface area contributed by atoms with Gasteiger partial charge < -0.3 is 5.11 Å². The minimum atomic E-state index is -0.833.